The zero-order chi connectivity index (χ0) is 13.9. The Labute approximate surface area is 127 Å². The van der Waals surface area contributed by atoms with Gasteiger partial charge in [0.15, 0.2) is 0 Å². The fourth-order valence-corrected chi connectivity index (χ4v) is 3.57. The molecule has 112 valence electrons. The minimum atomic E-state index is 0.250. The largest absolute Gasteiger partial charge is 0.356 e. The third-order valence-electron chi connectivity index (χ3n) is 4.14. The van der Waals surface area contributed by atoms with Crippen LogP contribution in [0.1, 0.15) is 77.6 Å². The van der Waals surface area contributed by atoms with Crippen molar-refractivity contribution in [1.82, 2.24) is 5.32 Å². The molecule has 0 radical (unpaired) electrons. The van der Waals surface area contributed by atoms with Crippen molar-refractivity contribution in [3.05, 3.63) is 0 Å². The molecule has 1 amide bonds. The van der Waals surface area contributed by atoms with Crippen LogP contribution in [0.3, 0.4) is 0 Å². The van der Waals surface area contributed by atoms with Gasteiger partial charge in [-0.1, -0.05) is 67.8 Å². The Morgan fingerprint density at radius 2 is 1.79 bits per heavy atom. The molecule has 1 aliphatic rings. The highest BCUT2D eigenvalue weighted by Crippen LogP contribution is 2.30. The molecule has 0 saturated heterocycles. The van der Waals surface area contributed by atoms with Gasteiger partial charge in [0.2, 0.25) is 5.91 Å². The Hall–Kier alpha value is -0.0500. The molecular weight excluding hydrogens is 302 g/mol. The number of hydrogen-bond acceptors (Lipinski definition) is 1. The van der Waals surface area contributed by atoms with Gasteiger partial charge >= 0.3 is 0 Å². The molecule has 19 heavy (non-hydrogen) atoms. The lowest BCUT2D eigenvalue weighted by Gasteiger charge is -2.14. The van der Waals surface area contributed by atoms with E-state index in [1.165, 1.54) is 57.8 Å². The third-order valence-corrected chi connectivity index (χ3v) is 5.34. The molecule has 0 bridgehead atoms. The van der Waals surface area contributed by atoms with Gasteiger partial charge in [-0.2, -0.15) is 0 Å². The van der Waals surface area contributed by atoms with Gasteiger partial charge < -0.3 is 5.32 Å². The van der Waals surface area contributed by atoms with Crippen LogP contribution in [-0.2, 0) is 4.79 Å². The van der Waals surface area contributed by atoms with E-state index >= 15 is 0 Å². The van der Waals surface area contributed by atoms with Crippen molar-refractivity contribution < 1.29 is 4.79 Å². The number of amides is 1. The number of carbonyl (C=O) groups excluding carboxylic acids is 1. The second-order valence-corrected chi connectivity index (χ2v) is 7.06. The van der Waals surface area contributed by atoms with Crippen molar-refractivity contribution in [1.29, 1.82) is 0 Å². The molecule has 1 N–H and O–H groups in total. The second-order valence-electron chi connectivity index (χ2n) is 5.88. The molecule has 1 fully saturated rings. The van der Waals surface area contributed by atoms with E-state index in [1.54, 1.807) is 0 Å². The Balaban J connectivity index is 1.90. The van der Waals surface area contributed by atoms with E-state index in [1.807, 2.05) is 0 Å². The number of hydrogen-bond donors (Lipinski definition) is 1. The smallest absolute Gasteiger partial charge is 0.220 e. The summed E-state index contributed by atoms with van der Waals surface area (Å²) >= 11 is 3.70. The molecule has 0 aromatic carbocycles. The van der Waals surface area contributed by atoms with Crippen LogP contribution < -0.4 is 5.32 Å². The molecule has 0 spiro atoms. The van der Waals surface area contributed by atoms with Crippen LogP contribution in [0.15, 0.2) is 0 Å². The standard InChI is InChI=1S/C16H30BrNO/c1-2-3-4-5-6-7-8-12-16(19)18-13-14-10-9-11-15(14)17/h14-15H,2-13H2,1H3,(H,18,19). The third kappa shape index (κ3) is 7.96. The van der Waals surface area contributed by atoms with Crippen molar-refractivity contribution in [2.24, 2.45) is 5.92 Å². The highest BCUT2D eigenvalue weighted by atomic mass is 79.9. The maximum absolute atomic E-state index is 11.7. The summed E-state index contributed by atoms with van der Waals surface area (Å²) in [5.41, 5.74) is 0. The SMILES string of the molecule is CCCCCCCCCC(=O)NCC1CCCC1Br. The summed E-state index contributed by atoms with van der Waals surface area (Å²) < 4.78 is 0. The summed E-state index contributed by atoms with van der Waals surface area (Å²) in [7, 11) is 0. The number of nitrogens with one attached hydrogen (secondary N) is 1. The minimum absolute atomic E-state index is 0.250. The zero-order valence-corrected chi connectivity index (χ0v) is 14.0. The van der Waals surface area contributed by atoms with Crippen molar-refractivity contribution >= 4 is 21.8 Å². The average molecular weight is 332 g/mol. The summed E-state index contributed by atoms with van der Waals surface area (Å²) in [6, 6.07) is 0. The van der Waals surface area contributed by atoms with Crippen LogP contribution in [0, 0.1) is 5.92 Å². The first-order valence-corrected chi connectivity index (χ1v) is 9.06. The predicted molar refractivity (Wildman–Crippen MR) is 85.7 cm³/mol. The molecule has 1 aliphatic carbocycles. The van der Waals surface area contributed by atoms with Crippen LogP contribution in [0.5, 0.6) is 0 Å². The molecule has 3 heteroatoms. The number of alkyl halides is 1. The summed E-state index contributed by atoms with van der Waals surface area (Å²) in [4.78, 5) is 12.3. The van der Waals surface area contributed by atoms with Crippen molar-refractivity contribution in [3.63, 3.8) is 0 Å². The lowest BCUT2D eigenvalue weighted by Crippen LogP contribution is -2.30. The molecule has 2 nitrogen and oxygen atoms in total. The average Bonchev–Trinajstić information content (AvgIpc) is 2.81. The van der Waals surface area contributed by atoms with E-state index < -0.39 is 0 Å². The first-order valence-electron chi connectivity index (χ1n) is 8.14. The molecule has 1 rings (SSSR count). The van der Waals surface area contributed by atoms with Gasteiger partial charge in [-0.25, -0.2) is 0 Å². The van der Waals surface area contributed by atoms with E-state index in [0.717, 1.165) is 13.0 Å². The van der Waals surface area contributed by atoms with Crippen LogP contribution in [0.25, 0.3) is 0 Å². The molecule has 1 saturated carbocycles. The topological polar surface area (TPSA) is 29.1 Å². The molecule has 2 atom stereocenters. The van der Waals surface area contributed by atoms with E-state index in [2.05, 4.69) is 28.2 Å². The van der Waals surface area contributed by atoms with E-state index in [9.17, 15) is 4.79 Å². The Morgan fingerprint density at radius 3 is 2.42 bits per heavy atom. The van der Waals surface area contributed by atoms with Gasteiger partial charge in [0.1, 0.15) is 0 Å². The van der Waals surface area contributed by atoms with Gasteiger partial charge in [-0.05, 0) is 25.2 Å². The van der Waals surface area contributed by atoms with Crippen LogP contribution in [0.2, 0.25) is 0 Å². The summed E-state index contributed by atoms with van der Waals surface area (Å²) in [6.07, 6.45) is 13.4. The zero-order valence-electron chi connectivity index (χ0n) is 12.4. The quantitative estimate of drug-likeness (QED) is 0.451. The highest BCUT2D eigenvalue weighted by molar-refractivity contribution is 9.09. The van der Waals surface area contributed by atoms with Gasteiger partial charge in [0, 0.05) is 17.8 Å². The number of carbonyl (C=O) groups is 1. The van der Waals surface area contributed by atoms with Crippen LogP contribution in [-0.4, -0.2) is 17.3 Å². The fourth-order valence-electron chi connectivity index (χ4n) is 2.80. The lowest BCUT2D eigenvalue weighted by atomic mass is 10.1. The second kappa shape index (κ2) is 10.7. The minimum Gasteiger partial charge on any atom is -0.356 e. The number of rotatable bonds is 10. The maximum atomic E-state index is 11.7. The maximum Gasteiger partial charge on any atom is 0.220 e. The van der Waals surface area contributed by atoms with Crippen molar-refractivity contribution in [2.75, 3.05) is 6.54 Å². The van der Waals surface area contributed by atoms with Gasteiger partial charge in [-0.15, -0.1) is 0 Å². The van der Waals surface area contributed by atoms with Crippen LogP contribution in [0.4, 0.5) is 0 Å². The molecule has 0 aliphatic heterocycles. The summed E-state index contributed by atoms with van der Waals surface area (Å²) in [6.45, 7) is 3.11. The van der Waals surface area contributed by atoms with Crippen molar-refractivity contribution in [3.8, 4) is 0 Å². The van der Waals surface area contributed by atoms with Gasteiger partial charge in [0.25, 0.3) is 0 Å². The molecule has 0 aromatic heterocycles. The molecular formula is C16H30BrNO. The van der Waals surface area contributed by atoms with Crippen LogP contribution >= 0.6 is 15.9 Å². The van der Waals surface area contributed by atoms with Gasteiger partial charge in [0.05, 0.1) is 0 Å². The highest BCUT2D eigenvalue weighted by Gasteiger charge is 2.24. The van der Waals surface area contributed by atoms with Gasteiger partial charge in [-0.3, -0.25) is 4.79 Å². The number of halogens is 1. The first kappa shape index (κ1) is 17.0. The summed E-state index contributed by atoms with van der Waals surface area (Å²) in [5, 5.41) is 3.10. The lowest BCUT2D eigenvalue weighted by molar-refractivity contribution is -0.121. The first-order chi connectivity index (χ1) is 9.24. The Morgan fingerprint density at radius 1 is 1.11 bits per heavy atom. The normalized spacial score (nSPS) is 22.6. The number of unbranched alkanes of at least 4 members (excludes halogenated alkanes) is 6. The molecule has 2 unspecified atom stereocenters. The van der Waals surface area contributed by atoms with E-state index in [-0.39, 0.29) is 5.91 Å². The van der Waals surface area contributed by atoms with E-state index in [4.69, 9.17) is 0 Å². The molecule has 0 heterocycles. The predicted octanol–water partition coefficient (Wildman–Crippen LogP) is 4.81. The monoisotopic (exact) mass is 331 g/mol. The summed E-state index contributed by atoms with van der Waals surface area (Å²) in [5.74, 6) is 0.901. The Kier molecular flexibility index (Phi) is 9.58. The molecule has 0 aromatic rings. The Bertz CT molecular complexity index is 245. The van der Waals surface area contributed by atoms with Crippen molar-refractivity contribution in [2.45, 2.75) is 82.4 Å². The van der Waals surface area contributed by atoms with E-state index in [0.29, 0.717) is 17.2 Å². The fraction of sp³-hybridized carbons (Fsp3) is 0.938.